The fraction of sp³-hybridized carbons (Fsp3) is 0.887. The molecule has 5 fully saturated rings. The van der Waals surface area contributed by atoms with Crippen molar-refractivity contribution < 1.29 is 116 Å². The number of hydrogen-bond acceptors (Lipinski definition) is 24. The first-order valence-electron chi connectivity index (χ1n) is 27.7. The van der Waals surface area contributed by atoms with Crippen LogP contribution in [0.3, 0.4) is 0 Å². The summed E-state index contributed by atoms with van der Waals surface area (Å²) in [6.45, 7) is 27.6. The minimum absolute atomic E-state index is 0.165. The fourth-order valence-electron chi connectivity index (χ4n) is 9.23. The van der Waals surface area contributed by atoms with Gasteiger partial charge in [0.05, 0.1) is 18.7 Å². The van der Waals surface area contributed by atoms with Crippen molar-refractivity contribution in [3.63, 3.8) is 0 Å². The Morgan fingerprint density at radius 2 is 0.759 bits per heavy atom. The molecule has 478 valence electrons. The van der Waals surface area contributed by atoms with E-state index in [-0.39, 0.29) is 6.54 Å². The van der Waals surface area contributed by atoms with Crippen LogP contribution in [0.4, 0.5) is 28.8 Å². The molecule has 11 N–H and O–H groups in total. The number of carbonyl (C=O) groups is 6. The molecular formula is C53H92N6O24. The Kier molecular flexibility index (Phi) is 22.3. The molecule has 6 amide bonds. The smallest absolute Gasteiger partial charge is 0.408 e. The largest absolute Gasteiger partial charge is 0.444 e. The third kappa shape index (κ3) is 21.3. The van der Waals surface area contributed by atoms with Gasteiger partial charge in [0.15, 0.2) is 18.9 Å². The Balaban J connectivity index is 1.56. The Hall–Kier alpha value is -4.86. The minimum atomic E-state index is -1.96. The lowest BCUT2D eigenvalue weighted by molar-refractivity contribution is -0.311. The molecule has 0 aromatic heterocycles. The maximum Gasteiger partial charge on any atom is 0.408 e. The predicted octanol–water partition coefficient (Wildman–Crippen LogP) is 1.55. The van der Waals surface area contributed by atoms with Crippen LogP contribution < -0.4 is 31.9 Å². The number of fused-ring (bicyclic) bond motifs is 1. The molecule has 4 heterocycles. The number of ether oxygens (including phenoxy) is 13. The van der Waals surface area contributed by atoms with E-state index in [0.717, 1.165) is 0 Å². The van der Waals surface area contributed by atoms with Crippen molar-refractivity contribution in [2.24, 2.45) is 0 Å². The van der Waals surface area contributed by atoms with Gasteiger partial charge in [0.1, 0.15) is 119 Å². The van der Waals surface area contributed by atoms with Crippen LogP contribution in [0, 0.1) is 0 Å². The normalized spacial score (nSPS) is 33.9. The predicted molar refractivity (Wildman–Crippen MR) is 286 cm³/mol. The second-order valence-electron chi connectivity index (χ2n) is 27.0. The highest BCUT2D eigenvalue weighted by atomic mass is 16.8. The van der Waals surface area contributed by atoms with E-state index in [0.29, 0.717) is 0 Å². The molecule has 0 radical (unpaired) electrons. The molecule has 5 aliphatic rings. The molecule has 19 atom stereocenters. The van der Waals surface area contributed by atoms with Gasteiger partial charge >= 0.3 is 36.6 Å². The van der Waals surface area contributed by atoms with Crippen LogP contribution in [-0.2, 0) is 61.6 Å². The quantitative estimate of drug-likeness (QED) is 0.0818. The van der Waals surface area contributed by atoms with E-state index in [4.69, 9.17) is 61.6 Å². The van der Waals surface area contributed by atoms with Crippen molar-refractivity contribution in [3.8, 4) is 0 Å². The van der Waals surface area contributed by atoms with Gasteiger partial charge in [0.2, 0.25) is 0 Å². The van der Waals surface area contributed by atoms with E-state index in [2.05, 4.69) is 31.9 Å². The molecule has 1 saturated carbocycles. The number of aliphatic hydroxyl groups excluding tert-OH is 5. The molecule has 83 heavy (non-hydrogen) atoms. The van der Waals surface area contributed by atoms with Crippen LogP contribution in [0.1, 0.15) is 131 Å². The van der Waals surface area contributed by atoms with Crippen molar-refractivity contribution in [1.82, 2.24) is 31.9 Å². The molecule has 4 saturated heterocycles. The monoisotopic (exact) mass is 1200 g/mol. The summed E-state index contributed by atoms with van der Waals surface area (Å²) in [5.41, 5.74) is -5.96. The molecule has 4 aliphatic heterocycles. The van der Waals surface area contributed by atoms with Crippen molar-refractivity contribution in [2.45, 2.75) is 281 Å². The summed E-state index contributed by atoms with van der Waals surface area (Å²) in [6.07, 6.45) is -29.8. The highest BCUT2D eigenvalue weighted by Crippen LogP contribution is 2.41. The van der Waals surface area contributed by atoms with Gasteiger partial charge < -0.3 is 119 Å². The highest BCUT2D eigenvalue weighted by Gasteiger charge is 2.61. The van der Waals surface area contributed by atoms with Crippen LogP contribution in [-0.4, -0.2) is 232 Å². The lowest BCUT2D eigenvalue weighted by Crippen LogP contribution is -2.70. The van der Waals surface area contributed by atoms with E-state index in [1.807, 2.05) is 0 Å². The van der Waals surface area contributed by atoms with Gasteiger partial charge in [-0.3, -0.25) is 0 Å². The number of hydrogen-bond donors (Lipinski definition) is 11. The van der Waals surface area contributed by atoms with Crippen molar-refractivity contribution in [1.29, 1.82) is 0 Å². The van der Waals surface area contributed by atoms with Crippen LogP contribution >= 0.6 is 0 Å². The van der Waals surface area contributed by atoms with E-state index in [9.17, 15) is 54.3 Å². The zero-order chi connectivity index (χ0) is 62.7. The molecule has 5 rings (SSSR count). The van der Waals surface area contributed by atoms with Crippen molar-refractivity contribution in [3.05, 3.63) is 0 Å². The van der Waals surface area contributed by atoms with Gasteiger partial charge in [0.25, 0.3) is 0 Å². The van der Waals surface area contributed by atoms with Gasteiger partial charge in [-0.25, -0.2) is 28.8 Å². The molecule has 0 bridgehead atoms. The standard InChI is InChI=1S/C53H92N6O24/c1-48(2,3)78-42(65)54-20-25-31(62)32(63)28(58-46(69)82-52(13,14)15)39(71-25)75-34-24(57-45(68)81-51(10,11)12)19-23(56-44(67)80-50(7,8)9)30(61)38(34)77-41-33(64)35(27(22-60)73-41)76-40-29(59-47(70)83-53(16,17)18)37-36(74-37)26(72-40)21-55-43(66)79-49(4,5)6/h23-41,60-64H,19-22H2,1-18H3,(H,54,65)(H,55,66)(H,56,67)(H,57,68)(H,58,69)(H,59,70)/t23-,24+,25-,26+,27-,28-,29-,30+,31-,32-,33-,34-,35-,36-,37-,38-,39-,40-,41+/m1/s1. The average molecular weight is 1200 g/mol. The molecule has 30 nitrogen and oxygen atoms in total. The number of aliphatic hydroxyl groups is 5. The second-order valence-corrected chi connectivity index (χ2v) is 27.0. The molecule has 0 aromatic carbocycles. The first-order valence-corrected chi connectivity index (χ1v) is 27.7. The van der Waals surface area contributed by atoms with Crippen molar-refractivity contribution >= 4 is 36.6 Å². The lowest BCUT2D eigenvalue weighted by atomic mass is 9.83. The van der Waals surface area contributed by atoms with Crippen molar-refractivity contribution in [2.75, 3.05) is 19.7 Å². The lowest BCUT2D eigenvalue weighted by Gasteiger charge is -2.49. The fourth-order valence-corrected chi connectivity index (χ4v) is 9.23. The molecule has 0 aromatic rings. The third-order valence-corrected chi connectivity index (χ3v) is 12.4. The number of amides is 6. The molecule has 30 heteroatoms. The second kappa shape index (κ2) is 26.8. The molecule has 0 spiro atoms. The van der Waals surface area contributed by atoms with Crippen LogP contribution in [0.15, 0.2) is 0 Å². The average Bonchev–Trinajstić information content (AvgIpc) is 3.15. The summed E-state index contributed by atoms with van der Waals surface area (Å²) >= 11 is 0. The van der Waals surface area contributed by atoms with Gasteiger partial charge in [-0.05, 0) is 131 Å². The summed E-state index contributed by atoms with van der Waals surface area (Å²) in [7, 11) is 0. The van der Waals surface area contributed by atoms with Gasteiger partial charge in [-0.15, -0.1) is 0 Å². The van der Waals surface area contributed by atoms with Crippen LogP contribution in [0.5, 0.6) is 0 Å². The summed E-state index contributed by atoms with van der Waals surface area (Å²) in [6, 6.07) is -5.70. The topological polar surface area (TPSA) is 399 Å². The Bertz CT molecular complexity index is 2220. The van der Waals surface area contributed by atoms with E-state index in [1.165, 1.54) is 0 Å². The zero-order valence-electron chi connectivity index (χ0n) is 50.8. The molecule has 1 aliphatic carbocycles. The Morgan fingerprint density at radius 3 is 1.23 bits per heavy atom. The summed E-state index contributed by atoms with van der Waals surface area (Å²) in [4.78, 5) is 79.7. The summed E-state index contributed by atoms with van der Waals surface area (Å²) in [5, 5.41) is 74.5. The number of rotatable bonds is 15. The molecule has 0 unspecified atom stereocenters. The third-order valence-electron chi connectivity index (χ3n) is 12.4. The maximum absolute atomic E-state index is 13.8. The van der Waals surface area contributed by atoms with Crippen LogP contribution in [0.25, 0.3) is 0 Å². The first-order chi connectivity index (χ1) is 37.9. The summed E-state index contributed by atoms with van der Waals surface area (Å²) in [5.74, 6) is 0. The Labute approximate surface area is 483 Å². The van der Waals surface area contributed by atoms with Gasteiger partial charge in [-0.1, -0.05) is 0 Å². The van der Waals surface area contributed by atoms with Gasteiger partial charge in [-0.2, -0.15) is 0 Å². The van der Waals surface area contributed by atoms with E-state index >= 15 is 0 Å². The summed E-state index contributed by atoms with van der Waals surface area (Å²) < 4.78 is 77.1. The maximum atomic E-state index is 13.8. The Morgan fingerprint density at radius 1 is 0.386 bits per heavy atom. The SMILES string of the molecule is CC(C)(C)OC(=O)NC[C@@H]1O[C@H](O[C@H]2[C@@H](O)[C@H](O[C@@H]3[C@@H](O)[C@H](NC(=O)OC(C)(C)C)C[C@H](NC(=O)OC(C)(C)C)[C@H]3O[C@H]3O[C@H](CNC(=O)OC(C)(C)C)[C@@H](O)[C@H](O)[C@H]3NC(=O)OC(C)(C)C)O[C@@H]2CO)[C@H](NC(=O)OC(C)(C)C)[C@H]2O[C@@H]21. The van der Waals surface area contributed by atoms with Gasteiger partial charge in [0, 0.05) is 13.1 Å². The first kappa shape index (κ1) is 68.9. The highest BCUT2D eigenvalue weighted by molar-refractivity contribution is 5.70. The number of alkyl carbamates (subject to hydrolysis) is 6. The number of nitrogens with one attached hydrogen (secondary N) is 6. The zero-order valence-corrected chi connectivity index (χ0v) is 50.8. The molecular weight excluding hydrogens is 1100 g/mol. The minimum Gasteiger partial charge on any atom is -0.444 e. The van der Waals surface area contributed by atoms with Crippen LogP contribution in [0.2, 0.25) is 0 Å². The number of carbonyl (C=O) groups excluding carboxylic acids is 6. The van der Waals surface area contributed by atoms with E-state index < -0.39 is 206 Å². The van der Waals surface area contributed by atoms with E-state index in [1.54, 1.807) is 125 Å². The number of epoxide rings is 1.